The van der Waals surface area contributed by atoms with Gasteiger partial charge in [0.05, 0.1) is 11.9 Å². The zero-order chi connectivity index (χ0) is 17.4. The first-order valence-electron chi connectivity index (χ1n) is 8.02. The van der Waals surface area contributed by atoms with Crippen molar-refractivity contribution in [2.24, 2.45) is 5.92 Å². The second kappa shape index (κ2) is 9.33. The summed E-state index contributed by atoms with van der Waals surface area (Å²) in [6.07, 6.45) is 1.05. The van der Waals surface area contributed by atoms with Crippen LogP contribution < -0.4 is 15.4 Å². The lowest BCUT2D eigenvalue weighted by Crippen LogP contribution is -2.11. The van der Waals surface area contributed by atoms with Gasteiger partial charge in [0.25, 0.3) is 0 Å². The van der Waals surface area contributed by atoms with Crippen molar-refractivity contribution in [2.45, 2.75) is 20.3 Å². The Kier molecular flexibility index (Phi) is 7.12. The minimum Gasteiger partial charge on any atom is -0.494 e. The van der Waals surface area contributed by atoms with Gasteiger partial charge in [0, 0.05) is 17.1 Å². The largest absolute Gasteiger partial charge is 0.494 e. The van der Waals surface area contributed by atoms with Crippen molar-refractivity contribution in [2.75, 3.05) is 22.6 Å². The summed E-state index contributed by atoms with van der Waals surface area (Å²) in [7, 11) is 0. The number of ether oxygens (including phenoxy) is 1. The van der Waals surface area contributed by atoms with Crippen LogP contribution in [0.15, 0.2) is 48.5 Å². The Morgan fingerprint density at radius 2 is 1.54 bits per heavy atom. The van der Waals surface area contributed by atoms with E-state index in [2.05, 4.69) is 40.4 Å². The molecule has 0 heterocycles. The Balaban J connectivity index is 1.88. The lowest BCUT2D eigenvalue weighted by atomic mass is 10.1. The number of amides is 1. The Bertz CT molecular complexity index is 639. The molecule has 5 heteroatoms. The highest BCUT2D eigenvalue weighted by Crippen LogP contribution is 2.21. The predicted molar refractivity (Wildman–Crippen MR) is 104 cm³/mol. The molecule has 4 nitrogen and oxygen atoms in total. The van der Waals surface area contributed by atoms with E-state index in [1.54, 1.807) is 0 Å². The summed E-state index contributed by atoms with van der Waals surface area (Å²) >= 11 is 3.12. The molecule has 1 amide bonds. The maximum Gasteiger partial charge on any atom is 0.235 e. The van der Waals surface area contributed by atoms with Gasteiger partial charge in [-0.05, 0) is 60.9 Å². The van der Waals surface area contributed by atoms with Crippen LogP contribution in [0.4, 0.5) is 17.1 Å². The van der Waals surface area contributed by atoms with Crippen molar-refractivity contribution in [3.05, 3.63) is 48.5 Å². The summed E-state index contributed by atoms with van der Waals surface area (Å²) in [5.74, 6) is 1.46. The van der Waals surface area contributed by atoms with E-state index < -0.39 is 0 Å². The second-order valence-electron chi connectivity index (χ2n) is 5.94. The SMILES string of the molecule is CC(C)CCOc1ccc(Nc2ccc(NC(=O)CBr)cc2)cc1. The highest BCUT2D eigenvalue weighted by Gasteiger charge is 2.01. The zero-order valence-electron chi connectivity index (χ0n) is 14.0. The summed E-state index contributed by atoms with van der Waals surface area (Å²) in [4.78, 5) is 11.3. The molecular formula is C19H23BrN2O2. The van der Waals surface area contributed by atoms with Crippen LogP contribution in [0.5, 0.6) is 5.75 Å². The normalized spacial score (nSPS) is 10.5. The molecule has 0 unspecified atom stereocenters. The van der Waals surface area contributed by atoms with Gasteiger partial charge in [-0.1, -0.05) is 29.8 Å². The fourth-order valence-electron chi connectivity index (χ4n) is 2.04. The Morgan fingerprint density at radius 1 is 1.00 bits per heavy atom. The Hall–Kier alpha value is -2.01. The average Bonchev–Trinajstić information content (AvgIpc) is 2.58. The van der Waals surface area contributed by atoms with E-state index in [0.29, 0.717) is 11.2 Å². The van der Waals surface area contributed by atoms with Gasteiger partial charge in [-0.25, -0.2) is 0 Å². The molecule has 2 aromatic rings. The van der Waals surface area contributed by atoms with Crippen molar-refractivity contribution in [1.29, 1.82) is 0 Å². The number of anilines is 3. The number of carbonyl (C=O) groups is 1. The molecule has 2 aromatic carbocycles. The van der Waals surface area contributed by atoms with Crippen molar-refractivity contribution in [3.63, 3.8) is 0 Å². The lowest BCUT2D eigenvalue weighted by Gasteiger charge is -2.10. The van der Waals surface area contributed by atoms with Gasteiger partial charge in [0.2, 0.25) is 5.91 Å². The molecule has 0 aliphatic carbocycles. The molecule has 0 saturated heterocycles. The van der Waals surface area contributed by atoms with Gasteiger partial charge in [0.15, 0.2) is 0 Å². The van der Waals surface area contributed by atoms with Crippen molar-refractivity contribution in [3.8, 4) is 5.75 Å². The van der Waals surface area contributed by atoms with Crippen molar-refractivity contribution < 1.29 is 9.53 Å². The van der Waals surface area contributed by atoms with Crippen LogP contribution in [0, 0.1) is 5.92 Å². The van der Waals surface area contributed by atoms with Crippen LogP contribution in [0.25, 0.3) is 0 Å². The van der Waals surface area contributed by atoms with Crippen LogP contribution in [-0.2, 0) is 4.79 Å². The molecule has 0 aliphatic rings. The average molecular weight is 391 g/mol. The van der Waals surface area contributed by atoms with E-state index in [4.69, 9.17) is 4.74 Å². The first-order valence-corrected chi connectivity index (χ1v) is 9.14. The van der Waals surface area contributed by atoms with Crippen molar-refractivity contribution >= 4 is 38.9 Å². The van der Waals surface area contributed by atoms with Crippen LogP contribution in [0.3, 0.4) is 0 Å². The molecule has 0 spiro atoms. The fourth-order valence-corrected chi connectivity index (χ4v) is 2.19. The first-order chi connectivity index (χ1) is 11.6. The summed E-state index contributed by atoms with van der Waals surface area (Å²) < 4.78 is 5.71. The van der Waals surface area contributed by atoms with Gasteiger partial charge in [-0.3, -0.25) is 4.79 Å². The van der Waals surface area contributed by atoms with E-state index in [9.17, 15) is 4.79 Å². The number of nitrogens with one attached hydrogen (secondary N) is 2. The topological polar surface area (TPSA) is 50.4 Å². The molecule has 0 bridgehead atoms. The quantitative estimate of drug-likeness (QED) is 0.609. The summed E-state index contributed by atoms with van der Waals surface area (Å²) in [6.45, 7) is 5.12. The maximum atomic E-state index is 11.3. The smallest absolute Gasteiger partial charge is 0.235 e. The molecule has 2 N–H and O–H groups in total. The van der Waals surface area contributed by atoms with Crippen LogP contribution in [0.2, 0.25) is 0 Å². The van der Waals surface area contributed by atoms with Gasteiger partial charge < -0.3 is 15.4 Å². The molecule has 0 radical (unpaired) electrons. The number of benzene rings is 2. The van der Waals surface area contributed by atoms with Crippen LogP contribution >= 0.6 is 15.9 Å². The number of hydrogen-bond donors (Lipinski definition) is 2. The molecule has 2 rings (SSSR count). The molecule has 0 atom stereocenters. The molecule has 0 aliphatic heterocycles. The van der Waals surface area contributed by atoms with E-state index in [1.807, 2.05) is 48.5 Å². The van der Waals surface area contributed by atoms with E-state index >= 15 is 0 Å². The minimum absolute atomic E-state index is 0.0660. The number of halogens is 1. The Labute approximate surface area is 151 Å². The first kappa shape index (κ1) is 18.3. The fraction of sp³-hybridized carbons (Fsp3) is 0.316. The maximum absolute atomic E-state index is 11.3. The van der Waals surface area contributed by atoms with E-state index in [0.717, 1.165) is 35.8 Å². The molecule has 0 fully saturated rings. The molecule has 24 heavy (non-hydrogen) atoms. The monoisotopic (exact) mass is 390 g/mol. The van der Waals surface area contributed by atoms with E-state index in [-0.39, 0.29) is 5.91 Å². The van der Waals surface area contributed by atoms with Gasteiger partial charge in [-0.2, -0.15) is 0 Å². The Morgan fingerprint density at radius 3 is 2.08 bits per heavy atom. The number of alkyl halides is 1. The number of rotatable bonds is 8. The lowest BCUT2D eigenvalue weighted by molar-refractivity contribution is -0.113. The molecule has 128 valence electrons. The third-order valence-corrected chi connectivity index (χ3v) is 3.91. The molecule has 0 saturated carbocycles. The van der Waals surface area contributed by atoms with E-state index in [1.165, 1.54) is 0 Å². The van der Waals surface area contributed by atoms with Gasteiger partial charge in [0.1, 0.15) is 5.75 Å². The zero-order valence-corrected chi connectivity index (χ0v) is 15.6. The third kappa shape index (κ3) is 6.24. The molecular weight excluding hydrogens is 368 g/mol. The van der Waals surface area contributed by atoms with Crippen LogP contribution in [-0.4, -0.2) is 17.8 Å². The number of carbonyl (C=O) groups excluding carboxylic acids is 1. The summed E-state index contributed by atoms with van der Waals surface area (Å²) in [5.41, 5.74) is 2.72. The third-order valence-electron chi connectivity index (χ3n) is 3.40. The predicted octanol–water partition coefficient (Wildman–Crippen LogP) is 5.19. The summed E-state index contributed by atoms with van der Waals surface area (Å²) in [5, 5.41) is 6.40. The summed E-state index contributed by atoms with van der Waals surface area (Å²) in [6, 6.07) is 15.5. The second-order valence-corrected chi connectivity index (χ2v) is 6.50. The minimum atomic E-state index is -0.0660. The van der Waals surface area contributed by atoms with Gasteiger partial charge in [-0.15, -0.1) is 0 Å². The number of hydrogen-bond acceptors (Lipinski definition) is 3. The highest BCUT2D eigenvalue weighted by atomic mass is 79.9. The standard InChI is InChI=1S/C19H23BrN2O2/c1-14(2)11-12-24-18-9-7-16(8-10-18)21-15-3-5-17(6-4-15)22-19(23)13-20/h3-10,14,21H,11-13H2,1-2H3,(H,22,23). The van der Waals surface area contributed by atoms with Crippen molar-refractivity contribution in [1.82, 2.24) is 0 Å². The molecule has 0 aromatic heterocycles. The highest BCUT2D eigenvalue weighted by molar-refractivity contribution is 9.09. The van der Waals surface area contributed by atoms with Crippen LogP contribution in [0.1, 0.15) is 20.3 Å². The van der Waals surface area contributed by atoms with Gasteiger partial charge >= 0.3 is 0 Å².